The number of carboxylic acid groups (broad SMARTS) is 1. The zero-order valence-corrected chi connectivity index (χ0v) is 29.4. The molecule has 3 aromatic carbocycles. The number of carbonyl (C=O) groups is 1. The predicted octanol–water partition coefficient (Wildman–Crippen LogP) is 8.18. The molecule has 4 N–H and O–H groups in total. The summed E-state index contributed by atoms with van der Waals surface area (Å²) in [5.74, 6) is 0.534. The van der Waals surface area contributed by atoms with Gasteiger partial charge in [0.1, 0.15) is 18.0 Å². The molecule has 1 heterocycles. The molecule has 1 aromatic heterocycles. The first-order valence-electron chi connectivity index (χ1n) is 15.8. The molecule has 46 heavy (non-hydrogen) atoms. The summed E-state index contributed by atoms with van der Waals surface area (Å²) >= 11 is 0. The lowest BCUT2D eigenvalue weighted by Gasteiger charge is -2.53. The van der Waals surface area contributed by atoms with E-state index in [9.17, 15) is 14.7 Å². The lowest BCUT2D eigenvalue weighted by atomic mass is 9.70. The molecule has 4 aromatic rings. The molecule has 0 bridgehead atoms. The Labute approximate surface area is 273 Å². The Morgan fingerprint density at radius 3 is 2.20 bits per heavy atom. The first-order valence-corrected chi connectivity index (χ1v) is 18.7. The van der Waals surface area contributed by atoms with Gasteiger partial charge >= 0.3 is 6.09 Å². The van der Waals surface area contributed by atoms with Gasteiger partial charge in [0, 0.05) is 23.7 Å². The fourth-order valence-electron chi connectivity index (χ4n) is 5.51. The number of ether oxygens (including phenoxy) is 1. The number of nitrogens with zero attached hydrogens (tertiary/aromatic N) is 1. The van der Waals surface area contributed by atoms with E-state index in [0.29, 0.717) is 30.0 Å². The summed E-state index contributed by atoms with van der Waals surface area (Å²) in [6.07, 6.45) is -0.533. The number of fused-ring (bicyclic) bond motifs is 1. The number of nitrogen functional groups attached to an aromatic ring is 1. The van der Waals surface area contributed by atoms with Crippen LogP contribution < -0.4 is 16.0 Å². The summed E-state index contributed by atoms with van der Waals surface area (Å²) in [7, 11) is -2.54. The lowest BCUT2D eigenvalue weighted by Crippen LogP contribution is -2.59. The number of rotatable bonds is 11. The molecule has 0 aliphatic rings. The normalized spacial score (nSPS) is 13.7. The molecular weight excluding hydrogens is 595 g/mol. The molecular formula is C37H49N3O5Si. The van der Waals surface area contributed by atoms with Gasteiger partial charge < -0.3 is 29.9 Å². The minimum absolute atomic E-state index is 0.0824. The molecule has 0 radical (unpaired) electrons. The molecule has 8 nitrogen and oxygen atoms in total. The monoisotopic (exact) mass is 643 g/mol. The van der Waals surface area contributed by atoms with E-state index in [0.717, 1.165) is 22.1 Å². The van der Waals surface area contributed by atoms with Gasteiger partial charge in [0.05, 0.1) is 12.1 Å². The first-order chi connectivity index (χ1) is 21.4. The Balaban J connectivity index is 1.90. The Morgan fingerprint density at radius 1 is 0.913 bits per heavy atom. The van der Waals surface area contributed by atoms with Crippen LogP contribution >= 0.6 is 0 Å². The van der Waals surface area contributed by atoms with Crippen molar-refractivity contribution < 1.29 is 19.1 Å². The average molecular weight is 644 g/mol. The molecule has 9 heteroatoms. The number of H-pyrrole nitrogens is 1. The number of pyridine rings is 1. The van der Waals surface area contributed by atoms with Crippen molar-refractivity contribution in [3.05, 3.63) is 106 Å². The van der Waals surface area contributed by atoms with E-state index in [1.165, 1.54) is 11.0 Å². The van der Waals surface area contributed by atoms with Crippen LogP contribution in [-0.4, -0.2) is 42.5 Å². The van der Waals surface area contributed by atoms with Crippen LogP contribution in [0.25, 0.3) is 10.9 Å². The van der Waals surface area contributed by atoms with Crippen molar-refractivity contribution in [3.8, 4) is 5.75 Å². The Bertz CT molecular complexity index is 1720. The van der Waals surface area contributed by atoms with Crippen LogP contribution in [0.15, 0.2) is 83.7 Å². The van der Waals surface area contributed by atoms with E-state index in [2.05, 4.69) is 59.6 Å². The van der Waals surface area contributed by atoms with Crippen molar-refractivity contribution in [2.45, 2.75) is 78.3 Å². The highest BCUT2D eigenvalue weighted by atomic mass is 28.4. The molecule has 1 atom stereocenters. The fraction of sp³-hybridized carbons (Fsp3) is 0.405. The zero-order valence-electron chi connectivity index (χ0n) is 28.4. The summed E-state index contributed by atoms with van der Waals surface area (Å²) in [6.45, 7) is 17.9. The Morgan fingerprint density at radius 2 is 1.59 bits per heavy atom. The second-order valence-corrected chi connectivity index (χ2v) is 19.4. The van der Waals surface area contributed by atoms with E-state index in [-0.39, 0.29) is 23.7 Å². The maximum absolute atomic E-state index is 13.0. The summed E-state index contributed by atoms with van der Waals surface area (Å²) in [5.41, 5.74) is 8.04. The van der Waals surface area contributed by atoms with Gasteiger partial charge in [-0.2, -0.15) is 0 Å². The minimum Gasteiger partial charge on any atom is -0.487 e. The Hall–Kier alpha value is -4.08. The number of nitrogens with one attached hydrogen (secondary N) is 1. The standard InChI is InChI=1S/C37H49N3O5Si/c1-35(2,3)37(45-46(7,8)36(4,5)6,25-40(34(42)43)22-21-26-15-12-16-28(38)23-26)30-18-19-31(33-29(30)17-20-32(41)39-33)44-24-27-13-10-9-11-14-27/h9-20,23H,21-22,24-25,38H2,1-8H3,(H,39,41)(H,42,43)/t37-/m0/s1. The van der Waals surface area contributed by atoms with E-state index >= 15 is 0 Å². The van der Waals surface area contributed by atoms with Crippen LogP contribution in [0.3, 0.4) is 0 Å². The van der Waals surface area contributed by atoms with Crippen LogP contribution in [0.1, 0.15) is 58.2 Å². The summed E-state index contributed by atoms with van der Waals surface area (Å²) in [6, 6.07) is 24.5. The second-order valence-electron chi connectivity index (χ2n) is 14.6. The maximum Gasteiger partial charge on any atom is 0.407 e. The fourth-order valence-corrected chi connectivity index (χ4v) is 7.17. The highest BCUT2D eigenvalue weighted by Gasteiger charge is 2.53. The van der Waals surface area contributed by atoms with Gasteiger partial charge in [0.25, 0.3) is 0 Å². The third-order valence-corrected chi connectivity index (χ3v) is 13.8. The molecule has 0 unspecified atom stereocenters. The number of anilines is 1. The molecule has 4 rings (SSSR count). The molecule has 0 saturated heterocycles. The SMILES string of the molecule is CC(C)(C)[C@@](CN(CCc1cccc(N)c1)C(=O)O)(O[Si](C)(C)C(C)(C)C)c1ccc(OCc2ccccc2)c2[nH]c(=O)ccc12. The average Bonchev–Trinajstić information content (AvgIpc) is 2.96. The molecule has 0 fully saturated rings. The minimum atomic E-state index is -2.54. The van der Waals surface area contributed by atoms with Crippen molar-refractivity contribution in [2.75, 3.05) is 18.8 Å². The quantitative estimate of drug-likeness (QED) is 0.112. The van der Waals surface area contributed by atoms with Gasteiger partial charge in [0.2, 0.25) is 5.56 Å². The van der Waals surface area contributed by atoms with Crippen molar-refractivity contribution in [3.63, 3.8) is 0 Å². The van der Waals surface area contributed by atoms with Crippen molar-refractivity contribution >= 4 is 31.0 Å². The molecule has 1 amide bonds. The maximum atomic E-state index is 13.0. The van der Waals surface area contributed by atoms with E-state index in [1.54, 1.807) is 6.07 Å². The number of aromatic amines is 1. The number of benzene rings is 3. The smallest absolute Gasteiger partial charge is 0.407 e. The van der Waals surface area contributed by atoms with Crippen LogP contribution in [0.5, 0.6) is 5.75 Å². The molecule has 0 saturated carbocycles. The first kappa shape index (κ1) is 34.8. The summed E-state index contributed by atoms with van der Waals surface area (Å²) < 4.78 is 13.7. The molecule has 0 aliphatic carbocycles. The van der Waals surface area contributed by atoms with Crippen molar-refractivity contribution in [2.24, 2.45) is 5.41 Å². The van der Waals surface area contributed by atoms with Crippen LogP contribution in [0.4, 0.5) is 10.5 Å². The number of hydrogen-bond donors (Lipinski definition) is 3. The third-order valence-electron chi connectivity index (χ3n) is 9.28. The highest BCUT2D eigenvalue weighted by Crippen LogP contribution is 2.51. The zero-order chi connectivity index (χ0) is 33.9. The third kappa shape index (κ3) is 7.65. The number of nitrogens with two attached hydrogens (primary N) is 1. The van der Waals surface area contributed by atoms with Gasteiger partial charge in [0.15, 0.2) is 8.32 Å². The molecule has 246 valence electrons. The van der Waals surface area contributed by atoms with E-state index in [4.69, 9.17) is 14.9 Å². The van der Waals surface area contributed by atoms with Gasteiger partial charge in [-0.1, -0.05) is 90.1 Å². The van der Waals surface area contributed by atoms with Crippen LogP contribution in [-0.2, 0) is 23.1 Å². The number of amides is 1. The van der Waals surface area contributed by atoms with E-state index < -0.39 is 25.4 Å². The number of aromatic nitrogens is 1. The lowest BCUT2D eigenvalue weighted by molar-refractivity contribution is -0.0692. The van der Waals surface area contributed by atoms with Gasteiger partial charge in [-0.05, 0) is 70.9 Å². The summed E-state index contributed by atoms with van der Waals surface area (Å²) in [5, 5.41) is 11.2. The van der Waals surface area contributed by atoms with Gasteiger partial charge in [-0.3, -0.25) is 4.79 Å². The largest absolute Gasteiger partial charge is 0.487 e. The highest BCUT2D eigenvalue weighted by molar-refractivity contribution is 6.74. The summed E-state index contributed by atoms with van der Waals surface area (Å²) in [4.78, 5) is 30.1. The van der Waals surface area contributed by atoms with E-state index in [1.807, 2.05) is 66.7 Å². The van der Waals surface area contributed by atoms with Gasteiger partial charge in [-0.25, -0.2) is 4.79 Å². The molecule has 0 aliphatic heterocycles. The van der Waals surface area contributed by atoms with Gasteiger partial charge in [-0.15, -0.1) is 0 Å². The molecule has 0 spiro atoms. The second kappa shape index (κ2) is 13.3. The predicted molar refractivity (Wildman–Crippen MR) is 189 cm³/mol. The van der Waals surface area contributed by atoms with Crippen molar-refractivity contribution in [1.29, 1.82) is 0 Å². The van der Waals surface area contributed by atoms with Crippen molar-refractivity contribution in [1.82, 2.24) is 9.88 Å². The Kier molecular flexibility index (Phi) is 10.1. The van der Waals surface area contributed by atoms with Crippen LogP contribution in [0, 0.1) is 5.41 Å². The van der Waals surface area contributed by atoms with Crippen LogP contribution in [0.2, 0.25) is 18.1 Å². The topological polar surface area (TPSA) is 118 Å². The number of hydrogen-bond acceptors (Lipinski definition) is 5.